The largest absolute Gasteiger partial charge is 0.337 e. The molecule has 0 spiro atoms. The van der Waals surface area contributed by atoms with Gasteiger partial charge in [0.15, 0.2) is 0 Å². The summed E-state index contributed by atoms with van der Waals surface area (Å²) in [5.41, 5.74) is 3.38. The van der Waals surface area contributed by atoms with Gasteiger partial charge in [-0.1, -0.05) is 54.1 Å². The number of nitrogens with one attached hydrogen (secondary N) is 1. The Morgan fingerprint density at radius 2 is 1.79 bits per heavy atom. The molecule has 7 heteroatoms. The topological polar surface area (TPSA) is 50.2 Å². The molecule has 1 saturated heterocycles. The van der Waals surface area contributed by atoms with E-state index in [1.165, 1.54) is 0 Å². The quantitative estimate of drug-likeness (QED) is 0.677. The van der Waals surface area contributed by atoms with E-state index in [0.717, 1.165) is 37.2 Å². The molecule has 5 nitrogen and oxygen atoms in total. The standard InChI is InChI=1S/C22H23ClN4O.ClH/c23-19-9-7-18(8-10-19)21-20(22(28)26-13-4-11-24-12-14-26)16-27(25-21)15-17-5-2-1-3-6-17;/h1-3,5-10,16,24H,4,11-15H2;1H. The zero-order valence-electron chi connectivity index (χ0n) is 16.1. The Morgan fingerprint density at radius 3 is 2.55 bits per heavy atom. The monoisotopic (exact) mass is 430 g/mol. The predicted octanol–water partition coefficient (Wildman–Crippen LogP) is 4.11. The van der Waals surface area contributed by atoms with E-state index in [1.54, 1.807) is 0 Å². The highest BCUT2D eigenvalue weighted by Gasteiger charge is 2.23. The molecule has 1 aliphatic rings. The Kier molecular flexibility index (Phi) is 7.31. The van der Waals surface area contributed by atoms with Crippen LogP contribution < -0.4 is 5.32 Å². The maximum Gasteiger partial charge on any atom is 0.257 e. The first-order valence-corrected chi connectivity index (χ1v) is 9.96. The van der Waals surface area contributed by atoms with Gasteiger partial charge in [0, 0.05) is 36.4 Å². The lowest BCUT2D eigenvalue weighted by molar-refractivity contribution is 0.0767. The molecule has 3 aromatic rings. The minimum absolute atomic E-state index is 0. The molecule has 29 heavy (non-hydrogen) atoms. The molecule has 0 aliphatic carbocycles. The second-order valence-corrected chi connectivity index (χ2v) is 7.41. The molecule has 0 unspecified atom stereocenters. The summed E-state index contributed by atoms with van der Waals surface area (Å²) in [4.78, 5) is 15.2. The summed E-state index contributed by atoms with van der Waals surface area (Å²) >= 11 is 6.05. The average molecular weight is 431 g/mol. The molecule has 2 heterocycles. The number of rotatable bonds is 4. The number of amides is 1. The summed E-state index contributed by atoms with van der Waals surface area (Å²) in [7, 11) is 0. The van der Waals surface area contributed by atoms with E-state index in [2.05, 4.69) is 17.4 Å². The molecule has 1 aliphatic heterocycles. The van der Waals surface area contributed by atoms with E-state index in [9.17, 15) is 4.79 Å². The van der Waals surface area contributed by atoms with Crippen LogP contribution in [0.3, 0.4) is 0 Å². The van der Waals surface area contributed by atoms with Crippen molar-refractivity contribution < 1.29 is 4.79 Å². The van der Waals surface area contributed by atoms with Gasteiger partial charge in [-0.2, -0.15) is 5.10 Å². The number of benzene rings is 2. The number of hydrogen-bond acceptors (Lipinski definition) is 3. The van der Waals surface area contributed by atoms with E-state index in [1.807, 2.05) is 58.2 Å². The molecule has 152 valence electrons. The van der Waals surface area contributed by atoms with Gasteiger partial charge in [-0.25, -0.2) is 0 Å². The van der Waals surface area contributed by atoms with Gasteiger partial charge in [0.1, 0.15) is 5.69 Å². The van der Waals surface area contributed by atoms with Crippen molar-refractivity contribution in [2.75, 3.05) is 26.2 Å². The summed E-state index contributed by atoms with van der Waals surface area (Å²) < 4.78 is 1.85. The van der Waals surface area contributed by atoms with Gasteiger partial charge in [-0.05, 0) is 30.7 Å². The molecule has 4 rings (SSSR count). The van der Waals surface area contributed by atoms with Gasteiger partial charge in [0.25, 0.3) is 5.91 Å². The van der Waals surface area contributed by atoms with Gasteiger partial charge in [-0.3, -0.25) is 9.48 Å². The van der Waals surface area contributed by atoms with Crippen molar-refractivity contribution in [3.63, 3.8) is 0 Å². The summed E-state index contributed by atoms with van der Waals surface area (Å²) in [5.74, 6) is 0.0351. The lowest BCUT2D eigenvalue weighted by Gasteiger charge is -2.19. The fourth-order valence-electron chi connectivity index (χ4n) is 3.47. The van der Waals surface area contributed by atoms with Crippen molar-refractivity contribution in [2.45, 2.75) is 13.0 Å². The van der Waals surface area contributed by atoms with Crippen molar-refractivity contribution in [3.05, 3.63) is 76.9 Å². The first-order chi connectivity index (χ1) is 13.7. The normalized spacial score (nSPS) is 14.2. The van der Waals surface area contributed by atoms with E-state index >= 15 is 0 Å². The Bertz CT molecular complexity index is 933. The maximum atomic E-state index is 13.3. The van der Waals surface area contributed by atoms with Gasteiger partial charge in [0.2, 0.25) is 0 Å². The smallest absolute Gasteiger partial charge is 0.257 e. The van der Waals surface area contributed by atoms with Gasteiger partial charge in [-0.15, -0.1) is 12.4 Å². The fourth-order valence-corrected chi connectivity index (χ4v) is 3.60. The summed E-state index contributed by atoms with van der Waals surface area (Å²) in [6, 6.07) is 17.6. The molecule has 2 aromatic carbocycles. The van der Waals surface area contributed by atoms with Crippen molar-refractivity contribution in [1.29, 1.82) is 0 Å². The zero-order valence-corrected chi connectivity index (χ0v) is 17.6. The van der Waals surface area contributed by atoms with Gasteiger partial charge in [0.05, 0.1) is 12.1 Å². The van der Waals surface area contributed by atoms with Crippen molar-refractivity contribution >= 4 is 29.9 Å². The van der Waals surface area contributed by atoms with Crippen molar-refractivity contribution in [1.82, 2.24) is 20.0 Å². The Hall–Kier alpha value is -2.34. The highest BCUT2D eigenvalue weighted by atomic mass is 35.5. The number of aromatic nitrogens is 2. The molecule has 1 N–H and O–H groups in total. The predicted molar refractivity (Wildman–Crippen MR) is 119 cm³/mol. The number of nitrogens with zero attached hydrogens (tertiary/aromatic N) is 3. The molecule has 0 radical (unpaired) electrons. The molecule has 1 fully saturated rings. The molecular weight excluding hydrogens is 407 g/mol. The lowest BCUT2D eigenvalue weighted by atomic mass is 10.1. The van der Waals surface area contributed by atoms with Crippen LogP contribution >= 0.6 is 24.0 Å². The highest BCUT2D eigenvalue weighted by molar-refractivity contribution is 6.30. The third kappa shape index (κ3) is 5.18. The molecule has 0 bridgehead atoms. The van der Waals surface area contributed by atoms with Crippen LogP contribution in [0.4, 0.5) is 0 Å². The van der Waals surface area contributed by atoms with Crippen LogP contribution in [0.25, 0.3) is 11.3 Å². The number of halogens is 2. The van der Waals surface area contributed by atoms with Crippen LogP contribution in [0.5, 0.6) is 0 Å². The molecular formula is C22H24Cl2N4O. The van der Waals surface area contributed by atoms with Crippen LogP contribution in [0.1, 0.15) is 22.3 Å². The summed E-state index contributed by atoms with van der Waals surface area (Å²) in [5, 5.41) is 8.77. The van der Waals surface area contributed by atoms with Gasteiger partial charge < -0.3 is 10.2 Å². The Morgan fingerprint density at radius 1 is 1.03 bits per heavy atom. The number of carbonyl (C=O) groups is 1. The zero-order chi connectivity index (χ0) is 19.3. The molecule has 0 saturated carbocycles. The number of carbonyl (C=O) groups excluding carboxylic acids is 1. The first kappa shape index (κ1) is 21.4. The Labute approximate surface area is 182 Å². The third-order valence-electron chi connectivity index (χ3n) is 4.92. The van der Waals surface area contributed by atoms with E-state index in [-0.39, 0.29) is 18.3 Å². The second kappa shape index (κ2) is 9.92. The maximum absolute atomic E-state index is 13.3. The number of hydrogen-bond donors (Lipinski definition) is 1. The molecule has 1 amide bonds. The van der Waals surface area contributed by atoms with E-state index in [0.29, 0.717) is 29.4 Å². The van der Waals surface area contributed by atoms with Crippen LogP contribution in [-0.2, 0) is 6.54 Å². The molecule has 0 atom stereocenters. The second-order valence-electron chi connectivity index (χ2n) is 6.98. The first-order valence-electron chi connectivity index (χ1n) is 9.58. The van der Waals surface area contributed by atoms with Crippen LogP contribution in [0.2, 0.25) is 5.02 Å². The van der Waals surface area contributed by atoms with Crippen molar-refractivity contribution in [3.8, 4) is 11.3 Å². The summed E-state index contributed by atoms with van der Waals surface area (Å²) in [6.07, 6.45) is 2.83. The van der Waals surface area contributed by atoms with Crippen LogP contribution in [0.15, 0.2) is 60.8 Å². The van der Waals surface area contributed by atoms with E-state index in [4.69, 9.17) is 16.7 Å². The van der Waals surface area contributed by atoms with Crippen LogP contribution in [-0.4, -0.2) is 46.8 Å². The third-order valence-corrected chi connectivity index (χ3v) is 5.18. The minimum Gasteiger partial charge on any atom is -0.337 e. The fraction of sp³-hybridized carbons (Fsp3) is 0.273. The lowest BCUT2D eigenvalue weighted by Crippen LogP contribution is -2.34. The average Bonchev–Trinajstić information content (AvgIpc) is 2.94. The minimum atomic E-state index is 0. The van der Waals surface area contributed by atoms with Crippen molar-refractivity contribution in [2.24, 2.45) is 0 Å². The van der Waals surface area contributed by atoms with E-state index < -0.39 is 0 Å². The van der Waals surface area contributed by atoms with Crippen LogP contribution in [0, 0.1) is 0 Å². The SMILES string of the molecule is Cl.O=C(c1cn(Cc2ccccc2)nc1-c1ccc(Cl)cc1)N1CCCNCC1. The summed E-state index contributed by atoms with van der Waals surface area (Å²) in [6.45, 7) is 3.86. The van der Waals surface area contributed by atoms with Gasteiger partial charge >= 0.3 is 0 Å². The Balaban J connectivity index is 0.00000240. The highest BCUT2D eigenvalue weighted by Crippen LogP contribution is 2.25. The molecule has 1 aromatic heterocycles.